The van der Waals surface area contributed by atoms with E-state index in [0.717, 1.165) is 12.8 Å². The van der Waals surface area contributed by atoms with Gasteiger partial charge in [0, 0.05) is 6.92 Å². The van der Waals surface area contributed by atoms with Gasteiger partial charge in [-0.15, -0.1) is 11.8 Å². The molecule has 0 spiro atoms. The van der Waals surface area contributed by atoms with E-state index in [-0.39, 0.29) is 30.1 Å². The average Bonchev–Trinajstić information content (AvgIpc) is 2.27. The van der Waals surface area contributed by atoms with Gasteiger partial charge in [0.05, 0.1) is 30.6 Å². The Morgan fingerprint density at radius 3 is 3.00 bits per heavy atom. The molecule has 0 bridgehead atoms. The molecule has 1 fully saturated rings. The SMILES string of the molecule is CC(=O)NC1CCC(CO)OC1SCC#N. The number of rotatable bonds is 4. The predicted octanol–water partition coefficient (Wildman–Crippen LogP) is 0.245. The summed E-state index contributed by atoms with van der Waals surface area (Å²) in [6.45, 7) is 1.44. The largest absolute Gasteiger partial charge is 0.394 e. The Labute approximate surface area is 99.2 Å². The molecule has 1 rings (SSSR count). The van der Waals surface area contributed by atoms with E-state index in [1.54, 1.807) is 0 Å². The van der Waals surface area contributed by atoms with Gasteiger partial charge in [0.15, 0.2) is 0 Å². The van der Waals surface area contributed by atoms with Crippen LogP contribution < -0.4 is 5.32 Å². The van der Waals surface area contributed by atoms with E-state index in [2.05, 4.69) is 5.32 Å². The van der Waals surface area contributed by atoms with Crippen molar-refractivity contribution in [2.24, 2.45) is 0 Å². The van der Waals surface area contributed by atoms with Crippen molar-refractivity contribution in [1.29, 1.82) is 5.26 Å². The normalized spacial score (nSPS) is 29.4. The fourth-order valence-corrected chi connectivity index (χ4v) is 2.58. The maximum absolute atomic E-state index is 11.0. The number of nitrogens with one attached hydrogen (secondary N) is 1. The van der Waals surface area contributed by atoms with Crippen LogP contribution in [-0.4, -0.2) is 41.0 Å². The highest BCUT2D eigenvalue weighted by Gasteiger charge is 2.31. The summed E-state index contributed by atoms with van der Waals surface area (Å²) in [5.41, 5.74) is -0.241. The van der Waals surface area contributed by atoms with Gasteiger partial charge in [-0.2, -0.15) is 5.26 Å². The summed E-state index contributed by atoms with van der Waals surface area (Å²) in [6, 6.07) is 1.96. The van der Waals surface area contributed by atoms with Crippen molar-refractivity contribution in [3.05, 3.63) is 0 Å². The van der Waals surface area contributed by atoms with E-state index < -0.39 is 0 Å². The van der Waals surface area contributed by atoms with Crippen LogP contribution in [-0.2, 0) is 9.53 Å². The summed E-state index contributed by atoms with van der Waals surface area (Å²) in [6.07, 6.45) is 1.32. The Bertz CT molecular complexity index is 280. The third-order valence-electron chi connectivity index (χ3n) is 2.36. The minimum Gasteiger partial charge on any atom is -0.394 e. The Morgan fingerprint density at radius 2 is 2.44 bits per heavy atom. The van der Waals surface area contributed by atoms with Gasteiger partial charge < -0.3 is 15.2 Å². The summed E-state index contributed by atoms with van der Waals surface area (Å²) >= 11 is 1.36. The van der Waals surface area contributed by atoms with Gasteiger partial charge in [0.25, 0.3) is 0 Å². The highest BCUT2D eigenvalue weighted by molar-refractivity contribution is 8.00. The Kier molecular flexibility index (Phi) is 5.60. The highest BCUT2D eigenvalue weighted by atomic mass is 32.2. The van der Waals surface area contributed by atoms with Gasteiger partial charge in [0.1, 0.15) is 5.44 Å². The zero-order valence-corrected chi connectivity index (χ0v) is 10.00. The Morgan fingerprint density at radius 1 is 1.69 bits per heavy atom. The zero-order valence-electron chi connectivity index (χ0n) is 9.18. The molecule has 16 heavy (non-hydrogen) atoms. The summed E-state index contributed by atoms with van der Waals surface area (Å²) < 4.78 is 5.60. The molecule has 90 valence electrons. The first-order valence-electron chi connectivity index (χ1n) is 5.19. The van der Waals surface area contributed by atoms with Crippen molar-refractivity contribution < 1.29 is 14.6 Å². The molecule has 1 aliphatic heterocycles. The van der Waals surface area contributed by atoms with Gasteiger partial charge in [-0.1, -0.05) is 0 Å². The predicted molar refractivity (Wildman–Crippen MR) is 60.7 cm³/mol. The van der Waals surface area contributed by atoms with E-state index in [4.69, 9.17) is 15.1 Å². The van der Waals surface area contributed by atoms with Crippen LogP contribution >= 0.6 is 11.8 Å². The first-order valence-corrected chi connectivity index (χ1v) is 6.24. The van der Waals surface area contributed by atoms with Crippen LogP contribution in [0.25, 0.3) is 0 Å². The molecule has 0 saturated carbocycles. The summed E-state index contributed by atoms with van der Waals surface area (Å²) in [4.78, 5) is 11.0. The third kappa shape index (κ3) is 4.00. The van der Waals surface area contributed by atoms with Crippen LogP contribution in [0.15, 0.2) is 0 Å². The van der Waals surface area contributed by atoms with E-state index >= 15 is 0 Å². The summed E-state index contributed by atoms with van der Waals surface area (Å²) in [7, 11) is 0. The van der Waals surface area contributed by atoms with Gasteiger partial charge in [-0.05, 0) is 12.8 Å². The van der Waals surface area contributed by atoms with E-state index in [1.807, 2.05) is 6.07 Å². The molecule has 0 aromatic rings. The van der Waals surface area contributed by atoms with Gasteiger partial charge >= 0.3 is 0 Å². The Hall–Kier alpha value is -0.770. The minimum absolute atomic E-state index is 0.0175. The molecule has 5 nitrogen and oxygen atoms in total. The summed E-state index contributed by atoms with van der Waals surface area (Å²) in [5, 5.41) is 20.4. The number of carbonyl (C=O) groups is 1. The van der Waals surface area contributed by atoms with Crippen LogP contribution in [0.2, 0.25) is 0 Å². The lowest BCUT2D eigenvalue weighted by Gasteiger charge is -2.35. The number of amides is 1. The number of aliphatic hydroxyl groups excluding tert-OH is 1. The molecule has 6 heteroatoms. The van der Waals surface area contributed by atoms with Crippen molar-refractivity contribution in [3.8, 4) is 6.07 Å². The summed E-state index contributed by atoms with van der Waals surface area (Å²) in [5.74, 6) is 0.220. The standard InChI is InChI=1S/C10H16N2O3S/c1-7(14)12-9-3-2-8(6-13)15-10(9)16-5-4-11/h8-10,13H,2-3,5-6H2,1H3,(H,12,14). The molecule has 1 heterocycles. The minimum atomic E-state index is -0.241. The number of nitriles is 1. The van der Waals surface area contributed by atoms with E-state index in [0.29, 0.717) is 5.75 Å². The fraction of sp³-hybridized carbons (Fsp3) is 0.800. The van der Waals surface area contributed by atoms with Crippen molar-refractivity contribution >= 4 is 17.7 Å². The van der Waals surface area contributed by atoms with Gasteiger partial charge in [-0.3, -0.25) is 4.79 Å². The van der Waals surface area contributed by atoms with Crippen molar-refractivity contribution in [1.82, 2.24) is 5.32 Å². The lowest BCUT2D eigenvalue weighted by molar-refractivity contribution is -0.122. The van der Waals surface area contributed by atoms with Gasteiger partial charge in [0.2, 0.25) is 5.91 Å². The van der Waals surface area contributed by atoms with Crippen LogP contribution in [0, 0.1) is 11.3 Å². The number of ether oxygens (including phenoxy) is 1. The molecule has 1 amide bonds. The molecule has 3 unspecified atom stereocenters. The Balaban J connectivity index is 2.53. The number of aliphatic hydroxyl groups is 1. The number of carbonyl (C=O) groups excluding carboxylic acids is 1. The monoisotopic (exact) mass is 244 g/mol. The molecular weight excluding hydrogens is 228 g/mol. The van der Waals surface area contributed by atoms with Crippen LogP contribution in [0.5, 0.6) is 0 Å². The second-order valence-corrected chi connectivity index (χ2v) is 4.75. The van der Waals surface area contributed by atoms with E-state index in [9.17, 15) is 4.79 Å². The molecule has 0 aromatic carbocycles. The third-order valence-corrected chi connectivity index (χ3v) is 3.42. The maximum Gasteiger partial charge on any atom is 0.217 e. The quantitative estimate of drug-likeness (QED) is 0.740. The van der Waals surface area contributed by atoms with Crippen molar-refractivity contribution in [2.45, 2.75) is 37.3 Å². The molecular formula is C10H16N2O3S. The molecule has 0 radical (unpaired) electrons. The molecule has 1 saturated heterocycles. The first-order chi connectivity index (χ1) is 7.67. The highest BCUT2D eigenvalue weighted by Crippen LogP contribution is 2.27. The fourth-order valence-electron chi connectivity index (χ4n) is 1.66. The number of hydrogen-bond acceptors (Lipinski definition) is 5. The average molecular weight is 244 g/mol. The van der Waals surface area contributed by atoms with Crippen molar-refractivity contribution in [3.63, 3.8) is 0 Å². The zero-order chi connectivity index (χ0) is 12.0. The lowest BCUT2D eigenvalue weighted by Crippen LogP contribution is -2.48. The smallest absolute Gasteiger partial charge is 0.217 e. The first kappa shape index (κ1) is 13.3. The molecule has 0 aromatic heterocycles. The molecule has 1 aliphatic rings. The number of nitrogens with zero attached hydrogens (tertiary/aromatic N) is 1. The van der Waals surface area contributed by atoms with Crippen LogP contribution in [0.4, 0.5) is 0 Å². The second kappa shape index (κ2) is 6.74. The number of hydrogen-bond donors (Lipinski definition) is 2. The number of thioether (sulfide) groups is 1. The van der Waals surface area contributed by atoms with Crippen LogP contribution in [0.3, 0.4) is 0 Å². The molecule has 0 aliphatic carbocycles. The van der Waals surface area contributed by atoms with E-state index in [1.165, 1.54) is 18.7 Å². The molecule has 3 atom stereocenters. The molecule has 2 N–H and O–H groups in total. The van der Waals surface area contributed by atoms with Crippen molar-refractivity contribution in [2.75, 3.05) is 12.4 Å². The van der Waals surface area contributed by atoms with Gasteiger partial charge in [-0.25, -0.2) is 0 Å². The second-order valence-electron chi connectivity index (χ2n) is 3.66. The van der Waals surface area contributed by atoms with Crippen LogP contribution in [0.1, 0.15) is 19.8 Å². The lowest BCUT2D eigenvalue weighted by atomic mass is 10.1. The maximum atomic E-state index is 11.0. The topological polar surface area (TPSA) is 82.3 Å².